The summed E-state index contributed by atoms with van der Waals surface area (Å²) >= 11 is 0. The Labute approximate surface area is 149 Å². The van der Waals surface area contributed by atoms with Crippen molar-refractivity contribution in [3.8, 4) is 0 Å². The summed E-state index contributed by atoms with van der Waals surface area (Å²) in [6.45, 7) is 1.92. The molecule has 0 unspecified atom stereocenters. The molecular formula is C21H26N2O2. The van der Waals surface area contributed by atoms with Gasteiger partial charge in [-0.2, -0.15) is 0 Å². The predicted octanol–water partition coefficient (Wildman–Crippen LogP) is 3.13. The van der Waals surface area contributed by atoms with Gasteiger partial charge in [-0.15, -0.1) is 0 Å². The first-order chi connectivity index (χ1) is 12.2. The third-order valence-corrected chi connectivity index (χ3v) is 5.01. The minimum absolute atomic E-state index is 0.0587. The molecule has 1 saturated heterocycles. The summed E-state index contributed by atoms with van der Waals surface area (Å²) in [4.78, 5) is 14.1. The molecule has 1 aliphatic rings. The predicted molar refractivity (Wildman–Crippen MR) is 99.3 cm³/mol. The Morgan fingerprint density at radius 2 is 1.92 bits per heavy atom. The highest BCUT2D eigenvalue weighted by Gasteiger charge is 2.27. The number of likely N-dealkylation sites (tertiary alicyclic amines) is 1. The van der Waals surface area contributed by atoms with Gasteiger partial charge in [-0.3, -0.25) is 9.69 Å². The molecule has 3 rings (SSSR count). The first-order valence-electron chi connectivity index (χ1n) is 8.95. The molecule has 1 heterocycles. The monoisotopic (exact) mass is 338 g/mol. The lowest BCUT2D eigenvalue weighted by molar-refractivity contribution is 0.0963. The van der Waals surface area contributed by atoms with Gasteiger partial charge < -0.3 is 10.4 Å². The maximum Gasteiger partial charge on any atom is 0.251 e. The highest BCUT2D eigenvalue weighted by Crippen LogP contribution is 2.28. The third-order valence-electron chi connectivity index (χ3n) is 5.01. The molecule has 0 bridgehead atoms. The first kappa shape index (κ1) is 17.6. The Hall–Kier alpha value is -2.17. The second-order valence-electron chi connectivity index (χ2n) is 6.70. The Morgan fingerprint density at radius 3 is 2.60 bits per heavy atom. The van der Waals surface area contributed by atoms with Crippen LogP contribution in [-0.4, -0.2) is 35.5 Å². The molecule has 2 aromatic rings. The van der Waals surface area contributed by atoms with Crippen molar-refractivity contribution in [3.63, 3.8) is 0 Å². The van der Waals surface area contributed by atoms with E-state index >= 15 is 0 Å². The Morgan fingerprint density at radius 1 is 1.20 bits per heavy atom. The number of carbonyl (C=O) groups excluding carboxylic acids is 1. The molecule has 2 N–H and O–H groups in total. The van der Waals surface area contributed by atoms with Gasteiger partial charge >= 0.3 is 0 Å². The lowest BCUT2D eigenvalue weighted by Crippen LogP contribution is -2.30. The average Bonchev–Trinajstić information content (AvgIpc) is 3.09. The number of aliphatic hydroxyl groups is 1. The van der Waals surface area contributed by atoms with Crippen molar-refractivity contribution >= 4 is 5.91 Å². The van der Waals surface area contributed by atoms with Crippen molar-refractivity contribution in [1.29, 1.82) is 0 Å². The minimum Gasteiger partial charge on any atom is -0.388 e. The number of benzene rings is 2. The molecule has 1 amide bonds. The number of carbonyl (C=O) groups is 1. The van der Waals surface area contributed by atoms with Gasteiger partial charge in [-0.25, -0.2) is 0 Å². The zero-order chi connectivity index (χ0) is 17.6. The van der Waals surface area contributed by atoms with Crippen LogP contribution in [0.3, 0.4) is 0 Å². The van der Waals surface area contributed by atoms with Crippen LogP contribution in [0.5, 0.6) is 0 Å². The van der Waals surface area contributed by atoms with Gasteiger partial charge in [0, 0.05) is 25.2 Å². The van der Waals surface area contributed by atoms with Crippen LogP contribution in [0.15, 0.2) is 54.6 Å². The van der Waals surface area contributed by atoms with Crippen LogP contribution in [0.1, 0.15) is 46.9 Å². The highest BCUT2D eigenvalue weighted by molar-refractivity contribution is 5.93. The molecule has 25 heavy (non-hydrogen) atoms. The molecule has 0 aromatic heterocycles. The van der Waals surface area contributed by atoms with Crippen molar-refractivity contribution in [2.45, 2.75) is 38.0 Å². The third kappa shape index (κ3) is 4.47. The van der Waals surface area contributed by atoms with Gasteiger partial charge in [-0.05, 0) is 49.1 Å². The Bertz CT molecular complexity index is 685. The molecule has 1 fully saturated rings. The van der Waals surface area contributed by atoms with Gasteiger partial charge in [-0.1, -0.05) is 42.5 Å². The van der Waals surface area contributed by atoms with Gasteiger partial charge in [0.2, 0.25) is 0 Å². The molecular weight excluding hydrogens is 312 g/mol. The summed E-state index contributed by atoms with van der Waals surface area (Å²) in [6.07, 6.45) is 2.64. The molecule has 4 nitrogen and oxygen atoms in total. The molecule has 1 aliphatic heterocycles. The highest BCUT2D eigenvalue weighted by atomic mass is 16.3. The summed E-state index contributed by atoms with van der Waals surface area (Å²) in [5.74, 6) is -0.0587. The maximum absolute atomic E-state index is 11.6. The zero-order valence-electron chi connectivity index (χ0n) is 14.7. The van der Waals surface area contributed by atoms with E-state index in [2.05, 4.69) is 10.2 Å². The standard InChI is InChI=1S/C21H26N2O2/c1-22-21(25)18-11-9-16(10-12-18)15-23-13-5-8-19(23)14-20(24)17-6-3-2-4-7-17/h2-4,6-7,9-12,19-20,24H,5,8,13-15H2,1H3,(H,22,25)/t19-,20+/m1/s1. The molecule has 0 radical (unpaired) electrons. The average molecular weight is 338 g/mol. The molecule has 4 heteroatoms. The number of hydrogen-bond donors (Lipinski definition) is 2. The number of nitrogens with one attached hydrogen (secondary N) is 1. The minimum atomic E-state index is -0.414. The van der Waals surface area contributed by atoms with E-state index in [-0.39, 0.29) is 5.91 Å². The second-order valence-corrected chi connectivity index (χ2v) is 6.70. The van der Waals surface area contributed by atoms with Crippen molar-refractivity contribution in [3.05, 3.63) is 71.3 Å². The fourth-order valence-corrected chi connectivity index (χ4v) is 3.58. The molecule has 0 saturated carbocycles. The van der Waals surface area contributed by atoms with E-state index in [1.165, 1.54) is 12.0 Å². The molecule has 132 valence electrons. The van der Waals surface area contributed by atoms with E-state index in [4.69, 9.17) is 0 Å². The first-order valence-corrected chi connectivity index (χ1v) is 8.95. The fraction of sp³-hybridized carbons (Fsp3) is 0.381. The summed E-state index contributed by atoms with van der Waals surface area (Å²) in [7, 11) is 1.64. The number of hydrogen-bond acceptors (Lipinski definition) is 3. The van der Waals surface area contributed by atoms with Crippen molar-refractivity contribution in [2.75, 3.05) is 13.6 Å². The number of aliphatic hydroxyl groups excluding tert-OH is 1. The lowest BCUT2D eigenvalue weighted by Gasteiger charge is -2.26. The molecule has 2 aromatic carbocycles. The fourth-order valence-electron chi connectivity index (χ4n) is 3.58. The van der Waals surface area contributed by atoms with Crippen LogP contribution in [-0.2, 0) is 6.54 Å². The van der Waals surface area contributed by atoms with Crippen LogP contribution < -0.4 is 5.32 Å². The number of nitrogens with zero attached hydrogens (tertiary/aromatic N) is 1. The number of amides is 1. The van der Waals surface area contributed by atoms with Gasteiger partial charge in [0.15, 0.2) is 0 Å². The molecule has 0 spiro atoms. The van der Waals surface area contributed by atoms with E-state index in [9.17, 15) is 9.90 Å². The summed E-state index contributed by atoms with van der Waals surface area (Å²) in [6, 6.07) is 18.1. The van der Waals surface area contributed by atoms with Crippen LogP contribution in [0, 0.1) is 0 Å². The SMILES string of the molecule is CNC(=O)c1ccc(CN2CCC[C@@H]2C[C@H](O)c2ccccc2)cc1. The summed E-state index contributed by atoms with van der Waals surface area (Å²) in [5.41, 5.74) is 2.88. The van der Waals surface area contributed by atoms with E-state index < -0.39 is 6.10 Å². The van der Waals surface area contributed by atoms with Crippen molar-refractivity contribution in [1.82, 2.24) is 10.2 Å². The van der Waals surface area contributed by atoms with Gasteiger partial charge in [0.25, 0.3) is 5.91 Å². The largest absolute Gasteiger partial charge is 0.388 e. The smallest absolute Gasteiger partial charge is 0.251 e. The number of rotatable bonds is 6. The molecule has 0 aliphatic carbocycles. The van der Waals surface area contributed by atoms with E-state index in [1.807, 2.05) is 54.6 Å². The van der Waals surface area contributed by atoms with Gasteiger partial charge in [0.05, 0.1) is 6.10 Å². The van der Waals surface area contributed by atoms with Gasteiger partial charge in [0.1, 0.15) is 0 Å². The quantitative estimate of drug-likeness (QED) is 0.851. The van der Waals surface area contributed by atoms with Crippen LogP contribution in [0.25, 0.3) is 0 Å². The van der Waals surface area contributed by atoms with Crippen molar-refractivity contribution in [2.24, 2.45) is 0 Å². The normalized spacial score (nSPS) is 18.9. The van der Waals surface area contributed by atoms with Crippen LogP contribution in [0.4, 0.5) is 0 Å². The van der Waals surface area contributed by atoms with Crippen LogP contribution >= 0.6 is 0 Å². The maximum atomic E-state index is 11.6. The second kappa shape index (κ2) is 8.28. The Kier molecular flexibility index (Phi) is 5.84. The topological polar surface area (TPSA) is 52.6 Å². The molecule has 2 atom stereocenters. The Balaban J connectivity index is 1.61. The summed E-state index contributed by atoms with van der Waals surface area (Å²) < 4.78 is 0. The lowest BCUT2D eigenvalue weighted by atomic mass is 10.00. The zero-order valence-corrected chi connectivity index (χ0v) is 14.7. The van der Waals surface area contributed by atoms with Crippen LogP contribution in [0.2, 0.25) is 0 Å². The van der Waals surface area contributed by atoms with E-state index in [1.54, 1.807) is 7.05 Å². The van der Waals surface area contributed by atoms with E-state index in [0.717, 1.165) is 31.5 Å². The van der Waals surface area contributed by atoms with Crippen molar-refractivity contribution < 1.29 is 9.90 Å². The summed E-state index contributed by atoms with van der Waals surface area (Å²) in [5, 5.41) is 13.2. The van der Waals surface area contributed by atoms with E-state index in [0.29, 0.717) is 11.6 Å².